The second-order valence-corrected chi connectivity index (χ2v) is 5.14. The summed E-state index contributed by atoms with van der Waals surface area (Å²) in [5, 5.41) is 0. The van der Waals surface area contributed by atoms with Crippen LogP contribution in [0.15, 0.2) is 60.7 Å². The Labute approximate surface area is 114 Å². The summed E-state index contributed by atoms with van der Waals surface area (Å²) in [5.41, 5.74) is 2.47. The topological polar surface area (TPSA) is 12.5 Å². The minimum atomic E-state index is 0.0430. The molecule has 2 nitrogen and oxygen atoms in total. The van der Waals surface area contributed by atoms with Crippen molar-refractivity contribution in [1.29, 1.82) is 0 Å². The van der Waals surface area contributed by atoms with Gasteiger partial charge in [0.15, 0.2) is 0 Å². The van der Waals surface area contributed by atoms with Crippen LogP contribution in [0.5, 0.6) is 0 Å². The van der Waals surface area contributed by atoms with Crippen LogP contribution in [0.1, 0.15) is 30.4 Å². The van der Waals surface area contributed by atoms with Gasteiger partial charge in [-0.25, -0.2) is 0 Å². The van der Waals surface area contributed by atoms with E-state index in [1.54, 1.807) is 0 Å². The molecule has 1 heterocycles. The zero-order valence-corrected chi connectivity index (χ0v) is 11.4. The van der Waals surface area contributed by atoms with Gasteiger partial charge in [-0.2, -0.15) is 0 Å². The molecule has 0 radical (unpaired) electrons. The first-order chi connectivity index (χ1) is 9.27. The lowest BCUT2D eigenvalue weighted by Gasteiger charge is -2.21. The third kappa shape index (κ3) is 2.29. The fraction of sp³-hybridized carbons (Fsp3) is 0.294. The van der Waals surface area contributed by atoms with E-state index in [0.717, 1.165) is 0 Å². The zero-order valence-electron chi connectivity index (χ0n) is 11.4. The Hall–Kier alpha value is -1.64. The van der Waals surface area contributed by atoms with Crippen molar-refractivity contribution in [3.63, 3.8) is 0 Å². The first kappa shape index (κ1) is 12.4. The van der Waals surface area contributed by atoms with Gasteiger partial charge in [-0.1, -0.05) is 60.7 Å². The molecule has 2 heteroatoms. The van der Waals surface area contributed by atoms with Crippen molar-refractivity contribution in [2.45, 2.75) is 25.3 Å². The van der Waals surface area contributed by atoms with E-state index in [2.05, 4.69) is 67.4 Å². The van der Waals surface area contributed by atoms with Gasteiger partial charge in [0.05, 0.1) is 0 Å². The highest BCUT2D eigenvalue weighted by Crippen LogP contribution is 2.40. The molecule has 0 N–H and O–H groups in total. The highest BCUT2D eigenvalue weighted by Gasteiger charge is 2.38. The molecule has 1 fully saturated rings. The summed E-state index contributed by atoms with van der Waals surface area (Å²) in [7, 11) is 2.13. The second kappa shape index (κ2) is 5.16. The van der Waals surface area contributed by atoms with Crippen molar-refractivity contribution < 1.29 is 4.74 Å². The molecule has 0 spiro atoms. The number of hydrogen-bond donors (Lipinski definition) is 0. The van der Waals surface area contributed by atoms with Gasteiger partial charge in [0.25, 0.3) is 0 Å². The Balaban J connectivity index is 1.88. The summed E-state index contributed by atoms with van der Waals surface area (Å²) < 4.78 is 6.28. The number of benzene rings is 2. The van der Waals surface area contributed by atoms with Crippen LogP contribution in [0.2, 0.25) is 0 Å². The molecule has 98 valence electrons. The van der Waals surface area contributed by atoms with Gasteiger partial charge in [-0.3, -0.25) is 4.90 Å². The molecule has 0 amide bonds. The van der Waals surface area contributed by atoms with Crippen LogP contribution >= 0.6 is 0 Å². The summed E-state index contributed by atoms with van der Waals surface area (Å²) in [6.07, 6.45) is 0.179. The molecular formula is C17H19NO. The summed E-state index contributed by atoms with van der Waals surface area (Å²) in [6.45, 7) is 2.22. The van der Waals surface area contributed by atoms with Crippen LogP contribution in [0.25, 0.3) is 0 Å². The van der Waals surface area contributed by atoms with Crippen molar-refractivity contribution in [3.8, 4) is 0 Å². The van der Waals surface area contributed by atoms with Crippen LogP contribution in [0, 0.1) is 0 Å². The van der Waals surface area contributed by atoms with Gasteiger partial charge >= 0.3 is 0 Å². The van der Waals surface area contributed by atoms with Crippen molar-refractivity contribution in [3.05, 3.63) is 71.8 Å². The summed E-state index contributed by atoms with van der Waals surface area (Å²) >= 11 is 0. The van der Waals surface area contributed by atoms with Gasteiger partial charge in [-0.15, -0.1) is 0 Å². The van der Waals surface area contributed by atoms with E-state index in [4.69, 9.17) is 4.74 Å². The van der Waals surface area contributed by atoms with Gasteiger partial charge in [0.1, 0.15) is 12.3 Å². The standard InChI is InChI=1S/C17H19NO/c1-13-16(14-9-5-3-6-10-14)19-17(18(13)2)15-11-7-4-8-12-15/h3-13,16-17H,1-2H3/t13-,16-,17-/m1/s1. The Bertz CT molecular complexity index is 476. The van der Waals surface area contributed by atoms with Gasteiger partial charge in [-0.05, 0) is 25.1 Å². The van der Waals surface area contributed by atoms with Crippen LogP contribution in [-0.4, -0.2) is 18.0 Å². The number of likely N-dealkylation sites (N-methyl/N-ethyl adjacent to an activating group) is 1. The highest BCUT2D eigenvalue weighted by molar-refractivity contribution is 5.23. The Morgan fingerprint density at radius 2 is 1.37 bits per heavy atom. The lowest BCUT2D eigenvalue weighted by molar-refractivity contribution is 0.00560. The number of ether oxygens (including phenoxy) is 1. The summed E-state index contributed by atoms with van der Waals surface area (Å²) in [6, 6.07) is 21.3. The van der Waals surface area contributed by atoms with Crippen molar-refractivity contribution >= 4 is 0 Å². The average molecular weight is 253 g/mol. The second-order valence-electron chi connectivity index (χ2n) is 5.14. The zero-order chi connectivity index (χ0) is 13.2. The number of hydrogen-bond acceptors (Lipinski definition) is 2. The predicted octanol–water partition coefficient (Wildman–Crippen LogP) is 3.78. The normalized spacial score (nSPS) is 27.6. The molecular weight excluding hydrogens is 234 g/mol. The maximum absolute atomic E-state index is 6.28. The molecule has 2 aromatic carbocycles. The third-order valence-corrected chi connectivity index (χ3v) is 3.94. The summed E-state index contributed by atoms with van der Waals surface area (Å²) in [4.78, 5) is 2.30. The monoisotopic (exact) mass is 253 g/mol. The fourth-order valence-electron chi connectivity index (χ4n) is 2.71. The largest absolute Gasteiger partial charge is 0.349 e. The van der Waals surface area contributed by atoms with E-state index in [1.165, 1.54) is 11.1 Å². The van der Waals surface area contributed by atoms with Crippen LogP contribution in [-0.2, 0) is 4.74 Å². The average Bonchev–Trinajstić information content (AvgIpc) is 2.77. The van der Waals surface area contributed by atoms with Crippen LogP contribution < -0.4 is 0 Å². The van der Waals surface area contributed by atoms with E-state index >= 15 is 0 Å². The molecule has 2 aromatic rings. The number of rotatable bonds is 2. The molecule has 0 saturated carbocycles. The fourth-order valence-corrected chi connectivity index (χ4v) is 2.71. The van der Waals surface area contributed by atoms with Crippen molar-refractivity contribution in [1.82, 2.24) is 4.90 Å². The third-order valence-electron chi connectivity index (χ3n) is 3.94. The molecule has 1 saturated heterocycles. The molecule has 1 aliphatic rings. The van der Waals surface area contributed by atoms with Crippen LogP contribution in [0.3, 0.4) is 0 Å². The molecule has 1 aliphatic heterocycles. The Morgan fingerprint density at radius 3 is 1.95 bits per heavy atom. The first-order valence-electron chi connectivity index (χ1n) is 6.74. The molecule has 3 atom stereocenters. The predicted molar refractivity (Wildman–Crippen MR) is 76.7 cm³/mol. The Kier molecular flexibility index (Phi) is 3.36. The van der Waals surface area contributed by atoms with E-state index in [9.17, 15) is 0 Å². The molecule has 0 aliphatic carbocycles. The van der Waals surface area contributed by atoms with Gasteiger partial charge < -0.3 is 4.74 Å². The molecule has 19 heavy (non-hydrogen) atoms. The van der Waals surface area contributed by atoms with E-state index in [0.29, 0.717) is 6.04 Å². The maximum Gasteiger partial charge on any atom is 0.137 e. The minimum absolute atomic E-state index is 0.0430. The lowest BCUT2D eigenvalue weighted by atomic mass is 10.0. The van der Waals surface area contributed by atoms with Gasteiger partial charge in [0, 0.05) is 6.04 Å². The summed E-state index contributed by atoms with van der Waals surface area (Å²) in [5.74, 6) is 0. The van der Waals surface area contributed by atoms with Crippen LogP contribution in [0.4, 0.5) is 0 Å². The number of nitrogens with zero attached hydrogens (tertiary/aromatic N) is 1. The molecule has 0 unspecified atom stereocenters. The van der Waals surface area contributed by atoms with E-state index in [1.807, 2.05) is 12.1 Å². The van der Waals surface area contributed by atoms with Crippen molar-refractivity contribution in [2.75, 3.05) is 7.05 Å². The molecule has 0 aromatic heterocycles. The Morgan fingerprint density at radius 1 is 0.842 bits per heavy atom. The van der Waals surface area contributed by atoms with E-state index in [-0.39, 0.29) is 12.3 Å². The van der Waals surface area contributed by atoms with Crippen molar-refractivity contribution in [2.24, 2.45) is 0 Å². The SMILES string of the molecule is C[C@@H]1[C@H](c2ccccc2)O[C@H](c2ccccc2)N1C. The van der Waals surface area contributed by atoms with E-state index < -0.39 is 0 Å². The molecule has 3 rings (SSSR count). The molecule has 0 bridgehead atoms. The lowest BCUT2D eigenvalue weighted by Crippen LogP contribution is -2.27. The minimum Gasteiger partial charge on any atom is -0.349 e. The van der Waals surface area contributed by atoms with Gasteiger partial charge in [0.2, 0.25) is 0 Å². The quantitative estimate of drug-likeness (QED) is 0.807. The highest BCUT2D eigenvalue weighted by atomic mass is 16.5. The smallest absolute Gasteiger partial charge is 0.137 e. The first-order valence-corrected chi connectivity index (χ1v) is 6.74. The maximum atomic E-state index is 6.28.